The summed E-state index contributed by atoms with van der Waals surface area (Å²) in [5.74, 6) is 0.889. The number of halogens is 1. The van der Waals surface area contributed by atoms with Crippen LogP contribution in [0.15, 0.2) is 24.3 Å². The zero-order valence-corrected chi connectivity index (χ0v) is 13.0. The van der Waals surface area contributed by atoms with E-state index in [2.05, 4.69) is 23.4 Å². The van der Waals surface area contributed by atoms with Gasteiger partial charge in [0.2, 0.25) is 0 Å². The topological polar surface area (TPSA) is 39.1 Å². The Labute approximate surface area is 124 Å². The van der Waals surface area contributed by atoms with E-state index in [1.165, 1.54) is 0 Å². The molecule has 0 unspecified atom stereocenters. The van der Waals surface area contributed by atoms with Gasteiger partial charge in [-0.2, -0.15) is 5.10 Å². The third kappa shape index (κ3) is 2.97. The summed E-state index contributed by atoms with van der Waals surface area (Å²) in [6.07, 6.45) is 0. The molecule has 0 aliphatic carbocycles. The molecule has 5 heteroatoms. The van der Waals surface area contributed by atoms with Crippen molar-refractivity contribution in [2.24, 2.45) is 7.05 Å². The van der Waals surface area contributed by atoms with E-state index in [0.717, 1.165) is 27.7 Å². The molecule has 0 radical (unpaired) electrons. The van der Waals surface area contributed by atoms with E-state index in [4.69, 9.17) is 16.3 Å². The summed E-state index contributed by atoms with van der Waals surface area (Å²) in [4.78, 5) is 0. The Bertz CT molecular complexity index is 595. The van der Waals surface area contributed by atoms with Crippen LogP contribution >= 0.6 is 11.6 Å². The van der Waals surface area contributed by atoms with Crippen LogP contribution in [0.4, 0.5) is 0 Å². The molecule has 108 valence electrons. The van der Waals surface area contributed by atoms with Crippen molar-refractivity contribution in [1.29, 1.82) is 0 Å². The van der Waals surface area contributed by atoms with Crippen molar-refractivity contribution in [3.8, 4) is 5.75 Å². The zero-order chi connectivity index (χ0) is 14.7. The van der Waals surface area contributed by atoms with Crippen molar-refractivity contribution in [1.82, 2.24) is 15.1 Å². The minimum Gasteiger partial charge on any atom is -0.496 e. The number of benzene rings is 1. The number of hydrogen-bond donors (Lipinski definition) is 1. The van der Waals surface area contributed by atoms with Crippen LogP contribution in [0.5, 0.6) is 5.75 Å². The molecule has 1 atom stereocenters. The van der Waals surface area contributed by atoms with Crippen LogP contribution in [0.25, 0.3) is 0 Å². The molecule has 1 aromatic heterocycles. The molecule has 0 saturated heterocycles. The van der Waals surface area contributed by atoms with E-state index in [1.54, 1.807) is 7.11 Å². The summed E-state index contributed by atoms with van der Waals surface area (Å²) < 4.78 is 7.21. The molecule has 20 heavy (non-hydrogen) atoms. The van der Waals surface area contributed by atoms with Crippen LogP contribution in [0, 0.1) is 6.92 Å². The average molecular weight is 294 g/mol. The minimum absolute atomic E-state index is 0.164. The van der Waals surface area contributed by atoms with Gasteiger partial charge in [0, 0.05) is 25.2 Å². The van der Waals surface area contributed by atoms with E-state index in [1.807, 2.05) is 36.9 Å². The molecular weight excluding hydrogens is 274 g/mol. The number of ether oxygens (including phenoxy) is 1. The predicted molar refractivity (Wildman–Crippen MR) is 81.2 cm³/mol. The third-order valence-corrected chi connectivity index (χ3v) is 3.93. The molecule has 0 saturated carbocycles. The van der Waals surface area contributed by atoms with Crippen LogP contribution in [0.1, 0.15) is 29.9 Å². The highest BCUT2D eigenvalue weighted by molar-refractivity contribution is 6.31. The average Bonchev–Trinajstić information content (AvgIpc) is 2.70. The van der Waals surface area contributed by atoms with Crippen molar-refractivity contribution in [3.63, 3.8) is 0 Å². The number of nitrogens with zero attached hydrogens (tertiary/aromatic N) is 2. The van der Waals surface area contributed by atoms with Gasteiger partial charge in [0.05, 0.1) is 23.5 Å². The van der Waals surface area contributed by atoms with Crippen molar-refractivity contribution in [2.45, 2.75) is 26.4 Å². The molecular formula is C15H20ClN3O. The first-order valence-electron chi connectivity index (χ1n) is 6.58. The maximum absolute atomic E-state index is 6.25. The number of para-hydroxylation sites is 1. The van der Waals surface area contributed by atoms with Gasteiger partial charge in [-0.1, -0.05) is 29.8 Å². The van der Waals surface area contributed by atoms with Gasteiger partial charge in [-0.25, -0.2) is 0 Å². The van der Waals surface area contributed by atoms with Crippen LogP contribution in [-0.4, -0.2) is 16.9 Å². The van der Waals surface area contributed by atoms with Gasteiger partial charge >= 0.3 is 0 Å². The fraction of sp³-hybridized carbons (Fsp3) is 0.400. The molecule has 1 aromatic carbocycles. The fourth-order valence-corrected chi connectivity index (χ4v) is 2.48. The molecule has 1 N–H and O–H groups in total. The molecule has 0 bridgehead atoms. The van der Waals surface area contributed by atoms with Crippen molar-refractivity contribution in [3.05, 3.63) is 46.2 Å². The lowest BCUT2D eigenvalue weighted by atomic mass is 10.1. The monoisotopic (exact) mass is 293 g/mol. The van der Waals surface area contributed by atoms with E-state index in [0.29, 0.717) is 6.54 Å². The number of methoxy groups -OCH3 is 1. The lowest BCUT2D eigenvalue weighted by molar-refractivity contribution is 0.401. The Balaban J connectivity index is 2.10. The predicted octanol–water partition coefficient (Wildman–Crippen LogP) is 3.24. The van der Waals surface area contributed by atoms with E-state index >= 15 is 0 Å². The smallest absolute Gasteiger partial charge is 0.123 e. The largest absolute Gasteiger partial charge is 0.496 e. The van der Waals surface area contributed by atoms with Crippen LogP contribution in [0.2, 0.25) is 5.02 Å². The highest BCUT2D eigenvalue weighted by Gasteiger charge is 2.14. The first-order chi connectivity index (χ1) is 9.54. The fourth-order valence-electron chi connectivity index (χ4n) is 2.26. The molecule has 2 aromatic rings. The van der Waals surface area contributed by atoms with Gasteiger partial charge < -0.3 is 10.1 Å². The lowest BCUT2D eigenvalue weighted by Crippen LogP contribution is -2.20. The Hall–Kier alpha value is -1.52. The van der Waals surface area contributed by atoms with E-state index in [-0.39, 0.29) is 6.04 Å². The molecule has 2 rings (SSSR count). The molecule has 0 amide bonds. The van der Waals surface area contributed by atoms with Crippen LogP contribution < -0.4 is 10.1 Å². The van der Waals surface area contributed by atoms with Crippen LogP contribution in [-0.2, 0) is 13.6 Å². The molecule has 0 spiro atoms. The number of rotatable bonds is 5. The third-order valence-electron chi connectivity index (χ3n) is 3.44. The molecule has 0 fully saturated rings. The van der Waals surface area contributed by atoms with Crippen LogP contribution in [0.3, 0.4) is 0 Å². The summed E-state index contributed by atoms with van der Waals surface area (Å²) in [5, 5.41) is 8.50. The summed E-state index contributed by atoms with van der Waals surface area (Å²) in [6.45, 7) is 4.68. The molecule has 0 aliphatic rings. The van der Waals surface area contributed by atoms with Gasteiger partial charge in [0.25, 0.3) is 0 Å². The van der Waals surface area contributed by atoms with Gasteiger partial charge in [-0.15, -0.1) is 0 Å². The van der Waals surface area contributed by atoms with Crippen molar-refractivity contribution >= 4 is 11.6 Å². The lowest BCUT2D eigenvalue weighted by Gasteiger charge is -2.17. The maximum Gasteiger partial charge on any atom is 0.123 e. The molecule has 1 heterocycles. The summed E-state index contributed by atoms with van der Waals surface area (Å²) >= 11 is 6.25. The Morgan fingerprint density at radius 3 is 2.70 bits per heavy atom. The van der Waals surface area contributed by atoms with Crippen molar-refractivity contribution < 1.29 is 4.74 Å². The van der Waals surface area contributed by atoms with E-state index < -0.39 is 0 Å². The Kier molecular flexibility index (Phi) is 4.68. The maximum atomic E-state index is 6.25. The van der Waals surface area contributed by atoms with Gasteiger partial charge in [0.1, 0.15) is 5.75 Å². The Morgan fingerprint density at radius 1 is 1.40 bits per heavy atom. The first kappa shape index (κ1) is 14.9. The van der Waals surface area contributed by atoms with Gasteiger partial charge in [-0.3, -0.25) is 4.68 Å². The van der Waals surface area contributed by atoms with Crippen molar-refractivity contribution in [2.75, 3.05) is 7.11 Å². The number of hydrogen-bond acceptors (Lipinski definition) is 3. The second kappa shape index (κ2) is 6.29. The number of nitrogens with one attached hydrogen (secondary N) is 1. The summed E-state index contributed by atoms with van der Waals surface area (Å²) in [5.41, 5.74) is 2.98. The second-order valence-electron chi connectivity index (χ2n) is 4.81. The quantitative estimate of drug-likeness (QED) is 0.920. The summed E-state index contributed by atoms with van der Waals surface area (Å²) in [6, 6.07) is 8.17. The molecule has 0 aliphatic heterocycles. The SMILES string of the molecule is COc1ccccc1[C@@H](C)NCc1c(Cl)c(C)nn1C. The Morgan fingerprint density at radius 2 is 2.10 bits per heavy atom. The normalized spacial score (nSPS) is 12.4. The number of aryl methyl sites for hydroxylation is 2. The highest BCUT2D eigenvalue weighted by Crippen LogP contribution is 2.25. The van der Waals surface area contributed by atoms with E-state index in [9.17, 15) is 0 Å². The number of aromatic nitrogens is 2. The summed E-state index contributed by atoms with van der Waals surface area (Å²) in [7, 11) is 3.59. The standard InChI is InChI=1S/C15H20ClN3O/c1-10(12-7-5-6-8-14(12)20-4)17-9-13-15(16)11(2)18-19(13)3/h5-8,10,17H,9H2,1-4H3/t10-/m1/s1. The molecule has 4 nitrogen and oxygen atoms in total. The minimum atomic E-state index is 0.164. The highest BCUT2D eigenvalue weighted by atomic mass is 35.5. The van der Waals surface area contributed by atoms with Gasteiger partial charge in [-0.05, 0) is 19.9 Å². The second-order valence-corrected chi connectivity index (χ2v) is 5.19. The van der Waals surface area contributed by atoms with Gasteiger partial charge in [0.15, 0.2) is 0 Å². The first-order valence-corrected chi connectivity index (χ1v) is 6.96. The zero-order valence-electron chi connectivity index (χ0n) is 12.3.